The number of rotatable bonds is 1. The maximum absolute atomic E-state index is 6.23. The highest BCUT2D eigenvalue weighted by atomic mass is 15.3. The topological polar surface area (TPSA) is 55.0 Å². The van der Waals surface area contributed by atoms with Gasteiger partial charge in [-0.05, 0) is 43.2 Å². The fraction of sp³-hybridized carbons (Fsp3) is 0.692. The molecule has 3 rings (SSSR count). The molecule has 3 unspecified atom stereocenters. The van der Waals surface area contributed by atoms with Crippen molar-refractivity contribution in [2.24, 2.45) is 17.6 Å². The van der Waals surface area contributed by atoms with Gasteiger partial charge in [-0.15, -0.1) is 5.10 Å². The van der Waals surface area contributed by atoms with Crippen LogP contribution in [0.2, 0.25) is 0 Å². The van der Waals surface area contributed by atoms with Crippen molar-refractivity contribution in [1.29, 1.82) is 0 Å². The lowest BCUT2D eigenvalue weighted by Crippen LogP contribution is -2.38. The van der Waals surface area contributed by atoms with Crippen LogP contribution in [-0.4, -0.2) is 29.3 Å². The molecule has 2 fully saturated rings. The molecule has 17 heavy (non-hydrogen) atoms. The van der Waals surface area contributed by atoms with Crippen LogP contribution in [0, 0.1) is 18.8 Å². The van der Waals surface area contributed by atoms with Gasteiger partial charge in [-0.1, -0.05) is 6.42 Å². The quantitative estimate of drug-likeness (QED) is 0.794. The third-order valence-electron chi connectivity index (χ3n) is 4.26. The van der Waals surface area contributed by atoms with Crippen LogP contribution in [0.5, 0.6) is 0 Å². The Hall–Kier alpha value is -1.16. The van der Waals surface area contributed by atoms with Gasteiger partial charge in [0, 0.05) is 19.1 Å². The number of hydrogen-bond acceptors (Lipinski definition) is 4. The zero-order chi connectivity index (χ0) is 11.8. The van der Waals surface area contributed by atoms with E-state index >= 15 is 0 Å². The van der Waals surface area contributed by atoms with E-state index in [2.05, 4.69) is 28.1 Å². The Balaban J connectivity index is 1.79. The van der Waals surface area contributed by atoms with Crippen molar-refractivity contribution >= 4 is 5.82 Å². The Morgan fingerprint density at radius 3 is 3.00 bits per heavy atom. The molecule has 4 nitrogen and oxygen atoms in total. The van der Waals surface area contributed by atoms with Crippen LogP contribution in [0.25, 0.3) is 0 Å². The first-order valence-electron chi connectivity index (χ1n) is 6.54. The number of aromatic nitrogens is 2. The van der Waals surface area contributed by atoms with Crippen LogP contribution >= 0.6 is 0 Å². The first kappa shape index (κ1) is 11.0. The number of hydrogen-bond donors (Lipinski definition) is 1. The molecule has 1 aliphatic carbocycles. The molecule has 1 saturated carbocycles. The highest BCUT2D eigenvalue weighted by Crippen LogP contribution is 2.36. The molecule has 0 radical (unpaired) electrons. The number of fused-ring (bicyclic) bond motifs is 1. The molecule has 2 N–H and O–H groups in total. The summed E-state index contributed by atoms with van der Waals surface area (Å²) in [4.78, 5) is 2.36. The van der Waals surface area contributed by atoms with Crippen molar-refractivity contribution in [3.05, 3.63) is 17.8 Å². The van der Waals surface area contributed by atoms with Gasteiger partial charge in [0.25, 0.3) is 0 Å². The lowest BCUT2D eigenvalue weighted by atomic mass is 9.78. The summed E-state index contributed by atoms with van der Waals surface area (Å²) in [5.41, 5.74) is 7.40. The smallest absolute Gasteiger partial charge is 0.151 e. The molecule has 92 valence electrons. The van der Waals surface area contributed by atoms with Crippen molar-refractivity contribution in [2.45, 2.75) is 32.2 Å². The van der Waals surface area contributed by atoms with Gasteiger partial charge in [-0.3, -0.25) is 0 Å². The normalized spacial score (nSPS) is 32.6. The van der Waals surface area contributed by atoms with Crippen molar-refractivity contribution < 1.29 is 0 Å². The average Bonchev–Trinajstić information content (AvgIpc) is 2.74. The molecule has 4 heteroatoms. The maximum atomic E-state index is 6.23. The molecule has 0 aromatic carbocycles. The number of nitrogens with two attached hydrogens (primary N) is 1. The van der Waals surface area contributed by atoms with E-state index in [9.17, 15) is 0 Å². The molecule has 3 atom stereocenters. The molecule has 2 heterocycles. The summed E-state index contributed by atoms with van der Waals surface area (Å²) in [5, 5.41) is 8.28. The summed E-state index contributed by atoms with van der Waals surface area (Å²) in [6, 6.07) is 2.51. The van der Waals surface area contributed by atoms with Crippen molar-refractivity contribution in [2.75, 3.05) is 18.0 Å². The zero-order valence-electron chi connectivity index (χ0n) is 10.3. The fourth-order valence-electron chi connectivity index (χ4n) is 3.31. The van der Waals surface area contributed by atoms with Gasteiger partial charge in [0.2, 0.25) is 0 Å². The van der Waals surface area contributed by atoms with Crippen LogP contribution in [0.15, 0.2) is 12.3 Å². The lowest BCUT2D eigenvalue weighted by Gasteiger charge is -2.29. The number of nitrogens with zero attached hydrogens (tertiary/aromatic N) is 3. The van der Waals surface area contributed by atoms with Gasteiger partial charge >= 0.3 is 0 Å². The minimum atomic E-state index is 0.386. The van der Waals surface area contributed by atoms with Gasteiger partial charge in [0.15, 0.2) is 5.82 Å². The summed E-state index contributed by atoms with van der Waals surface area (Å²) in [6.07, 6.45) is 5.61. The van der Waals surface area contributed by atoms with Gasteiger partial charge in [0.1, 0.15) is 0 Å². The van der Waals surface area contributed by atoms with E-state index in [0.29, 0.717) is 12.0 Å². The predicted molar refractivity (Wildman–Crippen MR) is 67.8 cm³/mol. The fourth-order valence-corrected chi connectivity index (χ4v) is 3.31. The van der Waals surface area contributed by atoms with E-state index in [1.807, 2.05) is 0 Å². The first-order valence-corrected chi connectivity index (χ1v) is 6.54. The van der Waals surface area contributed by atoms with Gasteiger partial charge in [-0.25, -0.2) is 0 Å². The summed E-state index contributed by atoms with van der Waals surface area (Å²) in [7, 11) is 0. The summed E-state index contributed by atoms with van der Waals surface area (Å²) in [6.45, 7) is 4.23. The predicted octanol–water partition coefficient (Wildman–Crippen LogP) is 1.35. The van der Waals surface area contributed by atoms with E-state index in [1.165, 1.54) is 24.8 Å². The third kappa shape index (κ3) is 2.02. The monoisotopic (exact) mass is 232 g/mol. The number of anilines is 1. The standard InChI is InChI=1S/C13H20N4/c1-9-5-13(16-15-6-9)17-7-10-3-2-4-12(14)11(10)8-17/h5-6,10-12H,2-4,7-8,14H2,1H3. The van der Waals surface area contributed by atoms with Crippen LogP contribution in [-0.2, 0) is 0 Å². The van der Waals surface area contributed by atoms with Crippen LogP contribution in [0.1, 0.15) is 24.8 Å². The Labute approximate surface area is 102 Å². The molecule has 1 aromatic rings. The maximum Gasteiger partial charge on any atom is 0.151 e. The molecule has 0 bridgehead atoms. The molecule has 1 aliphatic heterocycles. The van der Waals surface area contributed by atoms with E-state index in [0.717, 1.165) is 24.8 Å². The summed E-state index contributed by atoms with van der Waals surface area (Å²) in [5.74, 6) is 2.44. The molecular weight excluding hydrogens is 212 g/mol. The average molecular weight is 232 g/mol. The van der Waals surface area contributed by atoms with Crippen molar-refractivity contribution in [3.63, 3.8) is 0 Å². The Morgan fingerprint density at radius 2 is 2.24 bits per heavy atom. The molecule has 1 aromatic heterocycles. The highest BCUT2D eigenvalue weighted by molar-refractivity contribution is 5.41. The Kier molecular flexibility index (Phi) is 2.74. The van der Waals surface area contributed by atoms with Crippen molar-refractivity contribution in [1.82, 2.24) is 10.2 Å². The first-order chi connectivity index (χ1) is 8.24. The Morgan fingerprint density at radius 1 is 1.35 bits per heavy atom. The molecule has 0 amide bonds. The van der Waals surface area contributed by atoms with Crippen LogP contribution in [0.3, 0.4) is 0 Å². The van der Waals surface area contributed by atoms with Crippen LogP contribution in [0.4, 0.5) is 5.82 Å². The summed E-state index contributed by atoms with van der Waals surface area (Å²) < 4.78 is 0. The van der Waals surface area contributed by atoms with Crippen LogP contribution < -0.4 is 10.6 Å². The van der Waals surface area contributed by atoms with E-state index in [-0.39, 0.29) is 0 Å². The molecule has 1 saturated heterocycles. The van der Waals surface area contributed by atoms with E-state index in [4.69, 9.17) is 5.73 Å². The minimum Gasteiger partial charge on any atom is -0.354 e. The Bertz CT molecular complexity index is 406. The largest absolute Gasteiger partial charge is 0.354 e. The molecule has 2 aliphatic rings. The van der Waals surface area contributed by atoms with Gasteiger partial charge in [-0.2, -0.15) is 5.10 Å². The second-order valence-electron chi connectivity index (χ2n) is 5.51. The lowest BCUT2D eigenvalue weighted by molar-refractivity contribution is 0.260. The minimum absolute atomic E-state index is 0.386. The van der Waals surface area contributed by atoms with E-state index in [1.54, 1.807) is 6.20 Å². The SMILES string of the molecule is Cc1cnnc(N2CC3CCCC(N)C3C2)c1. The molecule has 0 spiro atoms. The van der Waals surface area contributed by atoms with Gasteiger partial charge in [0.05, 0.1) is 6.20 Å². The summed E-state index contributed by atoms with van der Waals surface area (Å²) >= 11 is 0. The second-order valence-corrected chi connectivity index (χ2v) is 5.51. The van der Waals surface area contributed by atoms with Gasteiger partial charge < -0.3 is 10.6 Å². The number of aryl methyl sites for hydroxylation is 1. The van der Waals surface area contributed by atoms with Crippen molar-refractivity contribution in [3.8, 4) is 0 Å². The molecular formula is C13H20N4. The zero-order valence-corrected chi connectivity index (χ0v) is 10.3. The highest BCUT2D eigenvalue weighted by Gasteiger charge is 2.39. The van der Waals surface area contributed by atoms with E-state index < -0.39 is 0 Å². The second kappa shape index (κ2) is 4.26. The third-order valence-corrected chi connectivity index (χ3v) is 4.26.